The SMILES string of the molecule is CCC(C)NC(=O)CN(C)S(=O)(=O)c1ccc(Br)s1. The highest BCUT2D eigenvalue weighted by atomic mass is 79.9. The lowest BCUT2D eigenvalue weighted by Gasteiger charge is -2.17. The van der Waals surface area contributed by atoms with Crippen LogP contribution in [0.4, 0.5) is 0 Å². The van der Waals surface area contributed by atoms with E-state index in [1.165, 1.54) is 13.1 Å². The number of carbonyl (C=O) groups excluding carboxylic acids is 1. The first-order valence-corrected chi connectivity index (χ1v) is 8.83. The Morgan fingerprint density at radius 2 is 2.16 bits per heavy atom. The smallest absolute Gasteiger partial charge is 0.252 e. The maximum absolute atomic E-state index is 12.2. The number of carbonyl (C=O) groups is 1. The van der Waals surface area contributed by atoms with Gasteiger partial charge in [0.1, 0.15) is 4.21 Å². The number of amides is 1. The quantitative estimate of drug-likeness (QED) is 0.835. The van der Waals surface area contributed by atoms with Crippen LogP contribution < -0.4 is 5.32 Å². The molecule has 1 aromatic heterocycles. The van der Waals surface area contributed by atoms with Gasteiger partial charge < -0.3 is 5.32 Å². The van der Waals surface area contributed by atoms with Crippen LogP contribution in [0.1, 0.15) is 20.3 Å². The third-order valence-electron chi connectivity index (χ3n) is 2.60. The summed E-state index contributed by atoms with van der Waals surface area (Å²) in [4.78, 5) is 11.7. The minimum absolute atomic E-state index is 0.0412. The summed E-state index contributed by atoms with van der Waals surface area (Å²) in [5.74, 6) is -0.295. The van der Waals surface area contributed by atoms with Gasteiger partial charge in [-0.3, -0.25) is 4.79 Å². The van der Waals surface area contributed by atoms with Crippen molar-refractivity contribution < 1.29 is 13.2 Å². The number of thiophene rings is 1. The van der Waals surface area contributed by atoms with Crippen LogP contribution in [-0.4, -0.2) is 38.3 Å². The molecule has 5 nitrogen and oxygen atoms in total. The molecule has 0 saturated carbocycles. The highest BCUT2D eigenvalue weighted by Crippen LogP contribution is 2.27. The topological polar surface area (TPSA) is 66.5 Å². The second kappa shape index (κ2) is 6.83. The number of nitrogens with one attached hydrogen (secondary N) is 1. The van der Waals surface area contributed by atoms with E-state index >= 15 is 0 Å². The summed E-state index contributed by atoms with van der Waals surface area (Å²) in [6.07, 6.45) is 0.806. The van der Waals surface area contributed by atoms with Gasteiger partial charge in [0.05, 0.1) is 10.3 Å². The zero-order chi connectivity index (χ0) is 14.6. The van der Waals surface area contributed by atoms with Crippen molar-refractivity contribution in [2.45, 2.75) is 30.5 Å². The van der Waals surface area contributed by atoms with Crippen LogP contribution in [0.15, 0.2) is 20.1 Å². The van der Waals surface area contributed by atoms with Crippen LogP contribution in [-0.2, 0) is 14.8 Å². The summed E-state index contributed by atoms with van der Waals surface area (Å²) in [5.41, 5.74) is 0. The Labute approximate surface area is 126 Å². The summed E-state index contributed by atoms with van der Waals surface area (Å²) >= 11 is 4.35. The van der Waals surface area contributed by atoms with Crippen molar-refractivity contribution in [3.63, 3.8) is 0 Å². The second-order valence-electron chi connectivity index (χ2n) is 4.20. The van der Waals surface area contributed by atoms with Crippen molar-refractivity contribution in [1.82, 2.24) is 9.62 Å². The fraction of sp³-hybridized carbons (Fsp3) is 0.545. The molecule has 0 aliphatic rings. The van der Waals surface area contributed by atoms with Crippen molar-refractivity contribution in [1.29, 1.82) is 0 Å². The van der Waals surface area contributed by atoms with Gasteiger partial charge in [-0.1, -0.05) is 6.92 Å². The number of nitrogens with zero attached hydrogens (tertiary/aromatic N) is 1. The summed E-state index contributed by atoms with van der Waals surface area (Å²) < 4.78 is 26.4. The largest absolute Gasteiger partial charge is 0.353 e. The molecule has 1 amide bonds. The molecule has 1 atom stereocenters. The Balaban J connectivity index is 2.72. The predicted octanol–water partition coefficient (Wildman–Crippen LogP) is 2.05. The first-order chi connectivity index (χ1) is 8.77. The molecule has 0 spiro atoms. The number of halogens is 1. The van der Waals surface area contributed by atoms with Crippen LogP contribution in [0.2, 0.25) is 0 Å². The van der Waals surface area contributed by atoms with Gasteiger partial charge >= 0.3 is 0 Å². The number of hydrogen-bond acceptors (Lipinski definition) is 4. The van der Waals surface area contributed by atoms with Crippen LogP contribution in [0.3, 0.4) is 0 Å². The summed E-state index contributed by atoms with van der Waals surface area (Å²) in [6, 6.07) is 3.23. The van der Waals surface area contributed by atoms with Gasteiger partial charge in [0.25, 0.3) is 10.0 Å². The third kappa shape index (κ3) is 4.55. The van der Waals surface area contributed by atoms with Crippen LogP contribution in [0.5, 0.6) is 0 Å². The van der Waals surface area contributed by atoms with E-state index in [1.54, 1.807) is 6.07 Å². The van der Waals surface area contributed by atoms with E-state index in [0.29, 0.717) is 0 Å². The molecule has 0 aromatic carbocycles. The van der Waals surface area contributed by atoms with Crippen molar-refractivity contribution in [2.24, 2.45) is 0 Å². The molecule has 0 saturated heterocycles. The lowest BCUT2D eigenvalue weighted by Crippen LogP contribution is -2.41. The number of sulfonamides is 1. The predicted molar refractivity (Wildman–Crippen MR) is 79.7 cm³/mol. The number of likely N-dealkylation sites (N-methyl/N-ethyl adjacent to an activating group) is 1. The average molecular weight is 369 g/mol. The molecule has 0 aliphatic heterocycles. The molecule has 19 heavy (non-hydrogen) atoms. The minimum Gasteiger partial charge on any atom is -0.353 e. The average Bonchev–Trinajstić information content (AvgIpc) is 2.75. The molecule has 1 unspecified atom stereocenters. The Bertz CT molecular complexity index is 542. The van der Waals surface area contributed by atoms with Gasteiger partial charge in [-0.05, 0) is 41.4 Å². The zero-order valence-electron chi connectivity index (χ0n) is 11.0. The zero-order valence-corrected chi connectivity index (χ0v) is 14.2. The van der Waals surface area contributed by atoms with Gasteiger partial charge in [-0.25, -0.2) is 8.42 Å². The van der Waals surface area contributed by atoms with Gasteiger partial charge in [0.15, 0.2) is 0 Å². The molecule has 1 heterocycles. The number of hydrogen-bond donors (Lipinski definition) is 1. The normalized spacial score (nSPS) is 13.5. The van der Waals surface area contributed by atoms with E-state index in [1.807, 2.05) is 13.8 Å². The molecule has 0 bridgehead atoms. The highest BCUT2D eigenvalue weighted by Gasteiger charge is 2.24. The highest BCUT2D eigenvalue weighted by molar-refractivity contribution is 9.11. The van der Waals surface area contributed by atoms with Crippen LogP contribution in [0.25, 0.3) is 0 Å². The van der Waals surface area contributed by atoms with Crippen molar-refractivity contribution in [3.05, 3.63) is 15.9 Å². The Hall–Kier alpha value is -0.440. The van der Waals surface area contributed by atoms with Gasteiger partial charge in [-0.2, -0.15) is 4.31 Å². The maximum Gasteiger partial charge on any atom is 0.252 e. The second-order valence-corrected chi connectivity index (χ2v) is 8.93. The molecule has 108 valence electrons. The minimum atomic E-state index is -3.59. The molecular weight excluding hydrogens is 352 g/mol. The lowest BCUT2D eigenvalue weighted by atomic mass is 10.2. The monoisotopic (exact) mass is 368 g/mol. The van der Waals surface area contributed by atoms with E-state index in [9.17, 15) is 13.2 Å². The fourth-order valence-corrected chi connectivity index (χ4v) is 4.65. The molecule has 1 N–H and O–H groups in total. The van der Waals surface area contributed by atoms with Crippen molar-refractivity contribution >= 4 is 43.2 Å². The maximum atomic E-state index is 12.2. The van der Waals surface area contributed by atoms with E-state index in [4.69, 9.17) is 0 Å². The Morgan fingerprint density at radius 3 is 2.63 bits per heavy atom. The molecule has 0 aliphatic carbocycles. The molecule has 1 rings (SSSR count). The first kappa shape index (κ1) is 16.6. The van der Waals surface area contributed by atoms with Crippen LogP contribution >= 0.6 is 27.3 Å². The van der Waals surface area contributed by atoms with E-state index < -0.39 is 10.0 Å². The fourth-order valence-electron chi connectivity index (χ4n) is 1.30. The van der Waals surface area contributed by atoms with E-state index in [-0.39, 0.29) is 22.7 Å². The lowest BCUT2D eigenvalue weighted by molar-refractivity contribution is -0.121. The summed E-state index contributed by atoms with van der Waals surface area (Å²) in [5, 5.41) is 2.74. The van der Waals surface area contributed by atoms with E-state index in [0.717, 1.165) is 25.8 Å². The standard InChI is InChI=1S/C11H17BrN2O3S2/c1-4-8(2)13-10(15)7-14(3)19(16,17)11-6-5-9(12)18-11/h5-6,8H,4,7H2,1-3H3,(H,13,15). The summed E-state index contributed by atoms with van der Waals surface area (Å²) in [7, 11) is -2.19. The third-order valence-corrected chi connectivity index (χ3v) is 6.49. The first-order valence-electron chi connectivity index (χ1n) is 5.78. The Morgan fingerprint density at radius 1 is 1.53 bits per heavy atom. The van der Waals surface area contributed by atoms with Gasteiger partial charge in [0.2, 0.25) is 5.91 Å². The Kier molecular flexibility index (Phi) is 5.97. The molecule has 1 aromatic rings. The summed E-state index contributed by atoms with van der Waals surface area (Å²) in [6.45, 7) is 3.65. The number of rotatable bonds is 6. The molecule has 8 heteroatoms. The van der Waals surface area contributed by atoms with Crippen LogP contribution in [0, 0.1) is 0 Å². The van der Waals surface area contributed by atoms with Gasteiger partial charge in [-0.15, -0.1) is 11.3 Å². The molecule has 0 fully saturated rings. The molecule has 0 radical (unpaired) electrons. The van der Waals surface area contributed by atoms with Gasteiger partial charge in [0, 0.05) is 13.1 Å². The van der Waals surface area contributed by atoms with Crippen molar-refractivity contribution in [3.8, 4) is 0 Å². The molecular formula is C11H17BrN2O3S2. The van der Waals surface area contributed by atoms with E-state index in [2.05, 4.69) is 21.2 Å². The van der Waals surface area contributed by atoms with Crippen molar-refractivity contribution in [2.75, 3.05) is 13.6 Å².